The van der Waals surface area contributed by atoms with Gasteiger partial charge in [0.05, 0.1) is 0 Å². The highest BCUT2D eigenvalue weighted by molar-refractivity contribution is 5.90. The summed E-state index contributed by atoms with van der Waals surface area (Å²) >= 11 is 0. The number of aryl methyl sites for hydroxylation is 1. The molecule has 27 heavy (non-hydrogen) atoms. The molecular weight excluding hydrogens is 362 g/mol. The van der Waals surface area contributed by atoms with Crippen molar-refractivity contribution in [2.75, 3.05) is 11.1 Å². The Morgan fingerprint density at radius 1 is 1.11 bits per heavy atom. The van der Waals surface area contributed by atoms with E-state index in [0.29, 0.717) is 25.4 Å². The monoisotopic (exact) mass is 387 g/mol. The number of nitrogens with one attached hydrogen (secondary N) is 1. The van der Waals surface area contributed by atoms with E-state index in [4.69, 9.17) is 5.73 Å². The standard InChI is InChI=1S/C21H25N3O2.ClH/c1-15(25)24(19-11-12-19)14-16-6-9-18(10-7-16)23-21(26)13-8-17-4-2-3-5-20(17)22;/h2-7,9-10,19H,8,11-14,22H2,1H3,(H,23,26);1H. The maximum atomic E-state index is 12.1. The molecule has 2 aromatic rings. The van der Waals surface area contributed by atoms with Crippen molar-refractivity contribution in [1.29, 1.82) is 0 Å². The predicted octanol–water partition coefficient (Wildman–Crippen LogP) is 3.77. The number of nitrogen functional groups attached to an aromatic ring is 1. The van der Waals surface area contributed by atoms with Crippen molar-refractivity contribution in [2.24, 2.45) is 0 Å². The average Bonchev–Trinajstić information content (AvgIpc) is 3.45. The lowest BCUT2D eigenvalue weighted by molar-refractivity contribution is -0.130. The highest BCUT2D eigenvalue weighted by Crippen LogP contribution is 2.28. The molecule has 0 atom stereocenters. The zero-order chi connectivity index (χ0) is 18.5. The van der Waals surface area contributed by atoms with Gasteiger partial charge in [-0.3, -0.25) is 9.59 Å². The highest BCUT2D eigenvalue weighted by atomic mass is 35.5. The summed E-state index contributed by atoms with van der Waals surface area (Å²) in [5, 5.41) is 2.91. The van der Waals surface area contributed by atoms with Crippen molar-refractivity contribution in [1.82, 2.24) is 4.90 Å². The molecule has 5 nitrogen and oxygen atoms in total. The van der Waals surface area contributed by atoms with E-state index in [1.54, 1.807) is 6.92 Å². The zero-order valence-corrected chi connectivity index (χ0v) is 16.3. The number of nitrogens with zero attached hydrogens (tertiary/aromatic N) is 1. The Bertz CT molecular complexity index is 788. The van der Waals surface area contributed by atoms with Gasteiger partial charge in [0.2, 0.25) is 11.8 Å². The van der Waals surface area contributed by atoms with E-state index in [0.717, 1.165) is 35.3 Å². The number of rotatable bonds is 7. The molecule has 0 bridgehead atoms. The fourth-order valence-corrected chi connectivity index (χ4v) is 3.01. The van der Waals surface area contributed by atoms with E-state index in [1.165, 1.54) is 0 Å². The average molecular weight is 388 g/mol. The lowest BCUT2D eigenvalue weighted by Crippen LogP contribution is -2.30. The lowest BCUT2D eigenvalue weighted by Gasteiger charge is -2.20. The first-order valence-corrected chi connectivity index (χ1v) is 9.02. The summed E-state index contributed by atoms with van der Waals surface area (Å²) in [4.78, 5) is 25.8. The Morgan fingerprint density at radius 2 is 1.78 bits per heavy atom. The number of benzene rings is 2. The van der Waals surface area contributed by atoms with E-state index in [-0.39, 0.29) is 24.2 Å². The van der Waals surface area contributed by atoms with Gasteiger partial charge in [-0.2, -0.15) is 0 Å². The van der Waals surface area contributed by atoms with Gasteiger partial charge < -0.3 is 16.0 Å². The Balaban J connectivity index is 0.00000261. The second-order valence-corrected chi connectivity index (χ2v) is 6.82. The van der Waals surface area contributed by atoms with Crippen LogP contribution in [-0.4, -0.2) is 22.8 Å². The number of amides is 2. The number of hydrogen-bond acceptors (Lipinski definition) is 3. The first kappa shape index (κ1) is 20.8. The third-order valence-electron chi connectivity index (χ3n) is 4.66. The third kappa shape index (κ3) is 6.00. The molecule has 3 N–H and O–H groups in total. The molecule has 1 saturated carbocycles. The molecule has 2 amide bonds. The predicted molar refractivity (Wildman–Crippen MR) is 111 cm³/mol. The summed E-state index contributed by atoms with van der Waals surface area (Å²) in [5.74, 6) is 0.0782. The van der Waals surface area contributed by atoms with Crippen LogP contribution in [0.1, 0.15) is 37.3 Å². The van der Waals surface area contributed by atoms with Gasteiger partial charge in [0.1, 0.15) is 0 Å². The van der Waals surface area contributed by atoms with E-state index in [2.05, 4.69) is 5.32 Å². The smallest absolute Gasteiger partial charge is 0.224 e. The first-order chi connectivity index (χ1) is 12.5. The second kappa shape index (κ2) is 9.42. The van der Waals surface area contributed by atoms with Crippen LogP contribution in [0.3, 0.4) is 0 Å². The van der Waals surface area contributed by atoms with Crippen molar-refractivity contribution in [3.05, 3.63) is 59.7 Å². The Labute approximate surface area is 166 Å². The summed E-state index contributed by atoms with van der Waals surface area (Å²) in [7, 11) is 0. The van der Waals surface area contributed by atoms with E-state index in [1.807, 2.05) is 53.4 Å². The SMILES string of the molecule is CC(=O)N(Cc1ccc(NC(=O)CCc2ccccc2N)cc1)C1CC1.Cl. The van der Waals surface area contributed by atoms with E-state index in [9.17, 15) is 9.59 Å². The van der Waals surface area contributed by atoms with Crippen LogP contribution in [-0.2, 0) is 22.6 Å². The Hall–Kier alpha value is -2.53. The van der Waals surface area contributed by atoms with E-state index >= 15 is 0 Å². The quantitative estimate of drug-likeness (QED) is 0.710. The number of anilines is 2. The molecular formula is C21H26ClN3O2. The molecule has 0 aliphatic heterocycles. The highest BCUT2D eigenvalue weighted by Gasteiger charge is 2.30. The third-order valence-corrected chi connectivity index (χ3v) is 4.66. The Morgan fingerprint density at radius 3 is 2.37 bits per heavy atom. The van der Waals surface area contributed by atoms with Crippen LogP contribution in [0.4, 0.5) is 11.4 Å². The van der Waals surface area contributed by atoms with Gasteiger partial charge >= 0.3 is 0 Å². The Kier molecular flexibility index (Phi) is 7.25. The molecule has 2 aromatic carbocycles. The van der Waals surface area contributed by atoms with Crippen LogP contribution in [0.25, 0.3) is 0 Å². The van der Waals surface area contributed by atoms with Gasteiger partial charge in [-0.15, -0.1) is 12.4 Å². The van der Waals surface area contributed by atoms with Gasteiger partial charge in [0.25, 0.3) is 0 Å². The molecule has 6 heteroatoms. The van der Waals surface area contributed by atoms with Gasteiger partial charge in [-0.25, -0.2) is 0 Å². The maximum Gasteiger partial charge on any atom is 0.224 e. The molecule has 0 aromatic heterocycles. The molecule has 3 rings (SSSR count). The van der Waals surface area contributed by atoms with Crippen LogP contribution in [0.5, 0.6) is 0 Å². The van der Waals surface area contributed by atoms with E-state index < -0.39 is 0 Å². The van der Waals surface area contributed by atoms with Crippen LogP contribution in [0, 0.1) is 0 Å². The number of nitrogens with two attached hydrogens (primary N) is 1. The van der Waals surface area contributed by atoms with Gasteiger partial charge in [0, 0.05) is 37.3 Å². The van der Waals surface area contributed by atoms with Crippen molar-refractivity contribution < 1.29 is 9.59 Å². The van der Waals surface area contributed by atoms with Crippen molar-refractivity contribution in [3.63, 3.8) is 0 Å². The maximum absolute atomic E-state index is 12.1. The molecule has 144 valence electrons. The summed E-state index contributed by atoms with van der Waals surface area (Å²) in [6.45, 7) is 2.24. The van der Waals surface area contributed by atoms with Gasteiger partial charge in [-0.05, 0) is 48.6 Å². The first-order valence-electron chi connectivity index (χ1n) is 9.02. The number of halogens is 1. The van der Waals surface area contributed by atoms with Crippen LogP contribution in [0.15, 0.2) is 48.5 Å². The number of para-hydroxylation sites is 1. The minimum absolute atomic E-state index is 0. The van der Waals surface area contributed by atoms with Crippen molar-refractivity contribution in [2.45, 2.75) is 45.2 Å². The topological polar surface area (TPSA) is 75.4 Å². The van der Waals surface area contributed by atoms with Crippen molar-refractivity contribution in [3.8, 4) is 0 Å². The van der Waals surface area contributed by atoms with Crippen LogP contribution >= 0.6 is 12.4 Å². The molecule has 0 saturated heterocycles. The lowest BCUT2D eigenvalue weighted by atomic mass is 10.1. The summed E-state index contributed by atoms with van der Waals surface area (Å²) in [6.07, 6.45) is 3.20. The van der Waals surface area contributed by atoms with Crippen LogP contribution in [0.2, 0.25) is 0 Å². The molecule has 0 unspecified atom stereocenters. The van der Waals surface area contributed by atoms with Gasteiger partial charge in [0.15, 0.2) is 0 Å². The van der Waals surface area contributed by atoms with Gasteiger partial charge in [-0.1, -0.05) is 30.3 Å². The molecule has 0 heterocycles. The zero-order valence-electron chi connectivity index (χ0n) is 15.5. The minimum atomic E-state index is -0.0376. The molecule has 0 spiro atoms. The largest absolute Gasteiger partial charge is 0.399 e. The fourth-order valence-electron chi connectivity index (χ4n) is 3.01. The van der Waals surface area contributed by atoms with Crippen molar-refractivity contribution >= 4 is 35.6 Å². The summed E-state index contributed by atoms with van der Waals surface area (Å²) in [6, 6.07) is 15.7. The van der Waals surface area contributed by atoms with Crippen LogP contribution < -0.4 is 11.1 Å². The number of carbonyl (C=O) groups excluding carboxylic acids is 2. The number of carbonyl (C=O) groups is 2. The second-order valence-electron chi connectivity index (χ2n) is 6.82. The normalized spacial score (nSPS) is 12.8. The number of hydrogen-bond donors (Lipinski definition) is 2. The summed E-state index contributed by atoms with van der Waals surface area (Å²) in [5.41, 5.74) is 9.44. The molecule has 1 aliphatic rings. The minimum Gasteiger partial charge on any atom is -0.399 e. The summed E-state index contributed by atoms with van der Waals surface area (Å²) < 4.78 is 0. The molecule has 0 radical (unpaired) electrons. The molecule has 1 fully saturated rings. The molecule has 1 aliphatic carbocycles. The fraction of sp³-hybridized carbons (Fsp3) is 0.333.